The zero-order chi connectivity index (χ0) is 16.0. The van der Waals surface area contributed by atoms with Gasteiger partial charge in [0.25, 0.3) is 0 Å². The second kappa shape index (κ2) is 8.05. The van der Waals surface area contributed by atoms with E-state index in [1.807, 2.05) is 0 Å². The average molecular weight is 306 g/mol. The van der Waals surface area contributed by atoms with Crippen LogP contribution in [0.1, 0.15) is 51.9 Å². The Labute approximate surface area is 124 Å². The number of hydrogen-bond donors (Lipinski definition) is 5. The third kappa shape index (κ3) is 4.62. The summed E-state index contributed by atoms with van der Waals surface area (Å²) in [6, 6.07) is 0. The molecular weight excluding hydrogens is 280 g/mol. The summed E-state index contributed by atoms with van der Waals surface area (Å²) in [5.41, 5.74) is 0. The molecule has 0 aromatic heterocycles. The smallest absolute Gasteiger partial charge is 0.335 e. The van der Waals surface area contributed by atoms with E-state index in [1.54, 1.807) is 0 Å². The number of aliphatic carboxylic acids is 1. The van der Waals surface area contributed by atoms with Gasteiger partial charge >= 0.3 is 5.97 Å². The highest BCUT2D eigenvalue weighted by atomic mass is 16.7. The number of rotatable bonds is 8. The number of carboxylic acid groups (broad SMARTS) is 1. The molecular formula is C14H26O7. The topological polar surface area (TPSA) is 127 Å². The van der Waals surface area contributed by atoms with E-state index in [-0.39, 0.29) is 6.42 Å². The highest BCUT2D eigenvalue weighted by Crippen LogP contribution is 2.32. The molecule has 1 fully saturated rings. The van der Waals surface area contributed by atoms with E-state index in [0.717, 1.165) is 32.1 Å². The van der Waals surface area contributed by atoms with E-state index in [2.05, 4.69) is 6.92 Å². The second-order valence-corrected chi connectivity index (χ2v) is 5.67. The van der Waals surface area contributed by atoms with Crippen molar-refractivity contribution in [2.24, 2.45) is 0 Å². The highest BCUT2D eigenvalue weighted by Gasteiger charge is 2.54. The molecule has 0 bridgehead atoms. The molecule has 5 N–H and O–H groups in total. The predicted octanol–water partition coefficient (Wildman–Crippen LogP) is -0.00830. The van der Waals surface area contributed by atoms with Crippen LogP contribution in [-0.2, 0) is 9.53 Å². The predicted molar refractivity (Wildman–Crippen MR) is 73.5 cm³/mol. The van der Waals surface area contributed by atoms with Gasteiger partial charge in [-0.1, -0.05) is 39.0 Å². The van der Waals surface area contributed by atoms with Crippen LogP contribution in [0.3, 0.4) is 0 Å². The lowest BCUT2D eigenvalue weighted by Gasteiger charge is -2.44. The maximum atomic E-state index is 11.0. The van der Waals surface area contributed by atoms with Gasteiger partial charge < -0.3 is 30.3 Å². The Bertz CT molecular complexity index is 335. The Morgan fingerprint density at radius 1 is 1.05 bits per heavy atom. The number of unbranched alkanes of at least 4 members (excludes halogenated alkanes) is 5. The van der Waals surface area contributed by atoms with Gasteiger partial charge in [-0.05, 0) is 6.42 Å². The average Bonchev–Trinajstić information content (AvgIpc) is 2.44. The van der Waals surface area contributed by atoms with Crippen LogP contribution in [0.15, 0.2) is 0 Å². The van der Waals surface area contributed by atoms with Crippen molar-refractivity contribution in [3.63, 3.8) is 0 Å². The van der Waals surface area contributed by atoms with Gasteiger partial charge in [-0.3, -0.25) is 0 Å². The van der Waals surface area contributed by atoms with Crippen LogP contribution < -0.4 is 0 Å². The fourth-order valence-electron chi connectivity index (χ4n) is 2.55. The lowest BCUT2D eigenvalue weighted by atomic mass is 9.89. The largest absolute Gasteiger partial charge is 0.479 e. The highest BCUT2D eigenvalue weighted by molar-refractivity contribution is 5.73. The molecule has 0 aromatic rings. The van der Waals surface area contributed by atoms with Crippen molar-refractivity contribution in [3.05, 3.63) is 0 Å². The first-order valence-electron chi connectivity index (χ1n) is 7.50. The summed E-state index contributed by atoms with van der Waals surface area (Å²) in [6.07, 6.45) is -1.36. The van der Waals surface area contributed by atoms with Gasteiger partial charge in [-0.15, -0.1) is 0 Å². The molecule has 0 spiro atoms. The fourth-order valence-corrected chi connectivity index (χ4v) is 2.55. The minimum absolute atomic E-state index is 0.00779. The van der Waals surface area contributed by atoms with Crippen molar-refractivity contribution in [3.8, 4) is 0 Å². The minimum atomic E-state index is -2.15. The molecule has 0 aliphatic carbocycles. The van der Waals surface area contributed by atoms with E-state index in [4.69, 9.17) is 9.84 Å². The van der Waals surface area contributed by atoms with Crippen molar-refractivity contribution >= 4 is 5.97 Å². The molecule has 0 saturated carbocycles. The van der Waals surface area contributed by atoms with Gasteiger partial charge in [-0.2, -0.15) is 0 Å². The van der Waals surface area contributed by atoms with Gasteiger partial charge in [0.15, 0.2) is 11.9 Å². The Balaban J connectivity index is 2.54. The van der Waals surface area contributed by atoms with Crippen molar-refractivity contribution < 1.29 is 35.1 Å². The molecule has 5 atom stereocenters. The van der Waals surface area contributed by atoms with Gasteiger partial charge in [0.1, 0.15) is 18.3 Å². The molecule has 21 heavy (non-hydrogen) atoms. The van der Waals surface area contributed by atoms with Crippen LogP contribution in [0.2, 0.25) is 0 Å². The number of hydrogen-bond acceptors (Lipinski definition) is 6. The minimum Gasteiger partial charge on any atom is -0.479 e. The second-order valence-electron chi connectivity index (χ2n) is 5.67. The van der Waals surface area contributed by atoms with E-state index in [9.17, 15) is 25.2 Å². The molecule has 1 aliphatic rings. The summed E-state index contributed by atoms with van der Waals surface area (Å²) in [5.74, 6) is -3.64. The molecule has 124 valence electrons. The molecule has 1 saturated heterocycles. The van der Waals surface area contributed by atoms with Crippen LogP contribution in [0.25, 0.3) is 0 Å². The SMILES string of the molecule is CCCCCCCC[C@@]1(O)O[C@H](C(=O)O)[C@@H](O)[C@H](O)[C@H]1O. The van der Waals surface area contributed by atoms with Crippen molar-refractivity contribution in [1.82, 2.24) is 0 Å². The van der Waals surface area contributed by atoms with Crippen LogP contribution in [0, 0.1) is 0 Å². The van der Waals surface area contributed by atoms with E-state index in [0.29, 0.717) is 6.42 Å². The van der Waals surface area contributed by atoms with Crippen molar-refractivity contribution in [2.45, 2.75) is 82.1 Å². The zero-order valence-electron chi connectivity index (χ0n) is 12.3. The Morgan fingerprint density at radius 3 is 2.19 bits per heavy atom. The first-order chi connectivity index (χ1) is 9.83. The Morgan fingerprint density at radius 2 is 1.62 bits per heavy atom. The monoisotopic (exact) mass is 306 g/mol. The van der Waals surface area contributed by atoms with Gasteiger partial charge in [0, 0.05) is 6.42 Å². The molecule has 7 heteroatoms. The Hall–Kier alpha value is -0.730. The number of aliphatic hydroxyl groups is 4. The number of ether oxygens (including phenoxy) is 1. The number of carbonyl (C=O) groups is 1. The lowest BCUT2D eigenvalue weighted by Crippen LogP contribution is -2.66. The first-order valence-corrected chi connectivity index (χ1v) is 7.50. The van der Waals surface area contributed by atoms with E-state index >= 15 is 0 Å². The number of aliphatic hydroxyl groups excluding tert-OH is 3. The first kappa shape index (κ1) is 18.3. The summed E-state index contributed by atoms with van der Waals surface area (Å²) < 4.78 is 4.95. The fraction of sp³-hybridized carbons (Fsp3) is 0.929. The zero-order valence-corrected chi connectivity index (χ0v) is 12.3. The van der Waals surface area contributed by atoms with Gasteiger partial charge in [0.05, 0.1) is 0 Å². The molecule has 1 heterocycles. The van der Waals surface area contributed by atoms with Crippen LogP contribution in [0.4, 0.5) is 0 Å². The van der Waals surface area contributed by atoms with Crippen LogP contribution in [0.5, 0.6) is 0 Å². The summed E-state index contributed by atoms with van der Waals surface area (Å²) in [5, 5.41) is 48.2. The van der Waals surface area contributed by atoms with Crippen LogP contribution in [-0.4, -0.2) is 61.7 Å². The quantitative estimate of drug-likeness (QED) is 0.399. The van der Waals surface area contributed by atoms with E-state index < -0.39 is 36.2 Å². The van der Waals surface area contributed by atoms with Crippen LogP contribution >= 0.6 is 0 Å². The molecule has 0 unspecified atom stereocenters. The third-order valence-electron chi connectivity index (χ3n) is 3.91. The summed E-state index contributed by atoms with van der Waals surface area (Å²) in [6.45, 7) is 2.10. The van der Waals surface area contributed by atoms with Gasteiger partial charge in [-0.25, -0.2) is 4.79 Å². The molecule has 1 aliphatic heterocycles. The Kier molecular flexibility index (Phi) is 7.02. The standard InChI is InChI=1S/C14H26O7/c1-2-3-4-5-6-7-8-14(20)12(17)10(16)9(15)11(21-14)13(18)19/h9-12,15-17,20H,2-8H2,1H3,(H,18,19)/t9-,10-,11-,12+,14+/m0/s1. The molecule has 0 amide bonds. The molecule has 1 rings (SSSR count). The summed E-state index contributed by atoms with van der Waals surface area (Å²) >= 11 is 0. The maximum Gasteiger partial charge on any atom is 0.335 e. The van der Waals surface area contributed by atoms with Gasteiger partial charge in [0.2, 0.25) is 0 Å². The molecule has 0 aromatic carbocycles. The summed E-state index contributed by atoms with van der Waals surface area (Å²) in [7, 11) is 0. The van der Waals surface area contributed by atoms with Crippen molar-refractivity contribution in [1.29, 1.82) is 0 Å². The number of carboxylic acids is 1. The summed E-state index contributed by atoms with van der Waals surface area (Å²) in [4.78, 5) is 11.0. The lowest BCUT2D eigenvalue weighted by molar-refractivity contribution is -0.343. The maximum absolute atomic E-state index is 11.0. The normalized spacial score (nSPS) is 36.6. The molecule has 7 nitrogen and oxygen atoms in total. The molecule has 0 radical (unpaired) electrons. The third-order valence-corrected chi connectivity index (χ3v) is 3.91. The van der Waals surface area contributed by atoms with Crippen molar-refractivity contribution in [2.75, 3.05) is 0 Å². The van der Waals surface area contributed by atoms with E-state index in [1.165, 1.54) is 0 Å².